The zero-order valence-electron chi connectivity index (χ0n) is 25.3. The Kier molecular flexibility index (Phi) is 8.97. The Morgan fingerprint density at radius 3 is 2.49 bits per heavy atom. The third kappa shape index (κ3) is 7.68. The first kappa shape index (κ1) is 30.4. The summed E-state index contributed by atoms with van der Waals surface area (Å²) in [4.78, 5) is 30.2. The van der Waals surface area contributed by atoms with Gasteiger partial charge in [-0.25, -0.2) is 23.5 Å². The molecule has 2 aliphatic rings. The standard InChI is InChI=1S/C30H40F2N8O3/c1-18(2)26-37-28(43-38-26)39-10-8-19(9-11-39)13-33-21-14-34-27(35-15-21)40-16-23(22-12-20(31)6-7-24(22)32)25(17-40)36-29(41)42-30(3,4)5/h6-7,12,14-15,18-19,23,25,33H,8-11,13,16-17H2,1-5H3,(H,36,41). The van der Waals surface area contributed by atoms with Crippen molar-refractivity contribution in [3.63, 3.8) is 0 Å². The highest BCUT2D eigenvalue weighted by Crippen LogP contribution is 2.32. The van der Waals surface area contributed by atoms with E-state index in [1.807, 2.05) is 18.7 Å². The Hall–Kier alpha value is -4.03. The predicted octanol–water partition coefficient (Wildman–Crippen LogP) is 5.09. The SMILES string of the molecule is CC(C)c1noc(N2CCC(CNc3cnc(N4CC(NC(=O)OC(C)(C)C)C(c5cc(F)ccc5F)C4)nc3)CC2)n1. The van der Waals surface area contributed by atoms with E-state index in [1.165, 1.54) is 6.07 Å². The fraction of sp³-hybridized carbons (Fsp3) is 0.567. The fourth-order valence-electron chi connectivity index (χ4n) is 5.44. The number of benzene rings is 1. The molecule has 1 aromatic carbocycles. The number of piperidine rings is 1. The van der Waals surface area contributed by atoms with E-state index in [9.17, 15) is 13.6 Å². The van der Waals surface area contributed by atoms with Gasteiger partial charge in [-0.2, -0.15) is 4.98 Å². The van der Waals surface area contributed by atoms with Gasteiger partial charge in [0.05, 0.1) is 24.1 Å². The Bertz CT molecular complexity index is 1390. The number of anilines is 3. The molecule has 43 heavy (non-hydrogen) atoms. The summed E-state index contributed by atoms with van der Waals surface area (Å²) >= 11 is 0. The average Bonchev–Trinajstić information content (AvgIpc) is 3.61. The van der Waals surface area contributed by atoms with Crippen LogP contribution < -0.4 is 20.4 Å². The van der Waals surface area contributed by atoms with Gasteiger partial charge in [0.2, 0.25) is 5.95 Å². The Morgan fingerprint density at radius 2 is 1.84 bits per heavy atom. The van der Waals surface area contributed by atoms with Crippen LogP contribution in [0, 0.1) is 17.6 Å². The number of carbonyl (C=O) groups excluding carboxylic acids is 1. The number of hydrogen-bond acceptors (Lipinski definition) is 10. The number of nitrogens with zero attached hydrogens (tertiary/aromatic N) is 6. The quantitative estimate of drug-likeness (QED) is 0.363. The number of halogens is 2. The summed E-state index contributed by atoms with van der Waals surface area (Å²) in [6.07, 6.45) is 4.79. The van der Waals surface area contributed by atoms with Crippen LogP contribution in [0.4, 0.5) is 31.2 Å². The molecule has 0 saturated carbocycles. The third-order valence-electron chi connectivity index (χ3n) is 7.73. The van der Waals surface area contributed by atoms with E-state index in [2.05, 4.69) is 35.6 Å². The number of ether oxygens (including phenoxy) is 1. The van der Waals surface area contributed by atoms with Crippen LogP contribution in [0.5, 0.6) is 0 Å². The summed E-state index contributed by atoms with van der Waals surface area (Å²) in [5, 5.41) is 10.3. The van der Waals surface area contributed by atoms with Crippen LogP contribution in [0.25, 0.3) is 0 Å². The van der Waals surface area contributed by atoms with E-state index in [-0.39, 0.29) is 11.5 Å². The summed E-state index contributed by atoms with van der Waals surface area (Å²) < 4.78 is 39.7. The topological polar surface area (TPSA) is 122 Å². The molecule has 0 spiro atoms. The zero-order valence-corrected chi connectivity index (χ0v) is 25.3. The van der Waals surface area contributed by atoms with E-state index >= 15 is 0 Å². The number of carbonyl (C=O) groups is 1. The van der Waals surface area contributed by atoms with E-state index < -0.39 is 35.3 Å². The van der Waals surface area contributed by atoms with Crippen LogP contribution in [-0.4, -0.2) is 70.6 Å². The number of rotatable bonds is 8. The number of amides is 1. The van der Waals surface area contributed by atoms with E-state index in [0.717, 1.165) is 56.1 Å². The van der Waals surface area contributed by atoms with Gasteiger partial charge in [-0.05, 0) is 63.3 Å². The van der Waals surface area contributed by atoms with Crippen LogP contribution >= 0.6 is 0 Å². The van der Waals surface area contributed by atoms with Crippen LogP contribution in [0.2, 0.25) is 0 Å². The Balaban J connectivity index is 1.18. The molecule has 232 valence electrons. The molecule has 0 aliphatic carbocycles. The smallest absolute Gasteiger partial charge is 0.407 e. The third-order valence-corrected chi connectivity index (χ3v) is 7.73. The highest BCUT2D eigenvalue weighted by Gasteiger charge is 2.38. The van der Waals surface area contributed by atoms with Crippen molar-refractivity contribution in [1.82, 2.24) is 25.4 Å². The highest BCUT2D eigenvalue weighted by molar-refractivity contribution is 5.68. The molecule has 2 saturated heterocycles. The van der Waals surface area contributed by atoms with Crippen LogP contribution in [0.15, 0.2) is 35.1 Å². The van der Waals surface area contributed by atoms with Crippen LogP contribution in [-0.2, 0) is 4.74 Å². The minimum absolute atomic E-state index is 0.187. The molecule has 2 aliphatic heterocycles. The van der Waals surface area contributed by atoms with Gasteiger partial charge in [-0.15, -0.1) is 0 Å². The van der Waals surface area contributed by atoms with Crippen molar-refractivity contribution >= 4 is 23.7 Å². The lowest BCUT2D eigenvalue weighted by atomic mass is 9.94. The largest absolute Gasteiger partial charge is 0.444 e. The van der Waals surface area contributed by atoms with Gasteiger partial charge in [0, 0.05) is 44.6 Å². The molecule has 5 rings (SSSR count). The molecule has 1 amide bonds. The first-order valence-corrected chi connectivity index (χ1v) is 14.8. The molecule has 2 fully saturated rings. The summed E-state index contributed by atoms with van der Waals surface area (Å²) in [5.41, 5.74) is 0.281. The number of hydrogen-bond donors (Lipinski definition) is 2. The molecular formula is C30H40F2N8O3. The zero-order chi connectivity index (χ0) is 30.7. The normalized spacial score (nSPS) is 19.6. The highest BCUT2D eigenvalue weighted by atomic mass is 19.1. The second kappa shape index (κ2) is 12.7. The van der Waals surface area contributed by atoms with Crippen molar-refractivity contribution in [2.75, 3.05) is 47.8 Å². The van der Waals surface area contributed by atoms with Gasteiger partial charge in [-0.1, -0.05) is 19.0 Å². The molecule has 4 heterocycles. The van der Waals surface area contributed by atoms with E-state index in [4.69, 9.17) is 9.26 Å². The molecule has 13 heteroatoms. The van der Waals surface area contributed by atoms with Gasteiger partial charge in [0.1, 0.15) is 17.2 Å². The molecule has 0 radical (unpaired) electrons. The minimum Gasteiger partial charge on any atom is -0.444 e. The molecule has 2 aromatic heterocycles. The van der Waals surface area contributed by atoms with E-state index in [1.54, 1.807) is 33.2 Å². The molecule has 2 atom stereocenters. The maximum absolute atomic E-state index is 14.8. The number of nitrogens with one attached hydrogen (secondary N) is 2. The first-order chi connectivity index (χ1) is 20.4. The second-order valence-electron chi connectivity index (χ2n) is 12.6. The van der Waals surface area contributed by atoms with Crippen LogP contribution in [0.1, 0.15) is 70.7 Å². The Morgan fingerprint density at radius 1 is 1.12 bits per heavy atom. The van der Waals surface area contributed by atoms with Crippen molar-refractivity contribution in [3.05, 3.63) is 53.6 Å². The molecular weight excluding hydrogens is 558 g/mol. The molecule has 2 unspecified atom stereocenters. The van der Waals surface area contributed by atoms with Crippen molar-refractivity contribution in [1.29, 1.82) is 0 Å². The summed E-state index contributed by atoms with van der Waals surface area (Å²) in [5.74, 6) is 0.262. The molecule has 2 N–H and O–H groups in total. The van der Waals surface area contributed by atoms with Crippen molar-refractivity contribution in [2.24, 2.45) is 5.92 Å². The van der Waals surface area contributed by atoms with Crippen molar-refractivity contribution in [3.8, 4) is 0 Å². The molecule has 0 bridgehead atoms. The van der Waals surface area contributed by atoms with Crippen LogP contribution in [0.3, 0.4) is 0 Å². The summed E-state index contributed by atoms with van der Waals surface area (Å²) in [6, 6.07) is 3.41. The Labute approximate surface area is 250 Å². The van der Waals surface area contributed by atoms with E-state index in [0.29, 0.717) is 31.0 Å². The van der Waals surface area contributed by atoms with Gasteiger partial charge < -0.3 is 29.7 Å². The average molecular weight is 599 g/mol. The molecule has 3 aromatic rings. The lowest BCUT2D eigenvalue weighted by Gasteiger charge is -2.30. The second-order valence-corrected chi connectivity index (χ2v) is 12.6. The molecule has 11 nitrogen and oxygen atoms in total. The maximum atomic E-state index is 14.8. The minimum atomic E-state index is -0.698. The predicted molar refractivity (Wildman–Crippen MR) is 158 cm³/mol. The van der Waals surface area contributed by atoms with Gasteiger partial charge in [0.25, 0.3) is 0 Å². The van der Waals surface area contributed by atoms with Crippen molar-refractivity contribution < 1.29 is 22.8 Å². The van der Waals surface area contributed by atoms with Gasteiger partial charge in [0.15, 0.2) is 5.82 Å². The lowest BCUT2D eigenvalue weighted by Crippen LogP contribution is -2.43. The summed E-state index contributed by atoms with van der Waals surface area (Å²) in [7, 11) is 0. The van der Waals surface area contributed by atoms with Crippen molar-refractivity contribution in [2.45, 2.75) is 70.9 Å². The van der Waals surface area contributed by atoms with Gasteiger partial charge >= 0.3 is 12.1 Å². The monoisotopic (exact) mass is 598 g/mol. The lowest BCUT2D eigenvalue weighted by molar-refractivity contribution is 0.0504. The van der Waals surface area contributed by atoms with Gasteiger partial charge in [-0.3, -0.25) is 0 Å². The summed E-state index contributed by atoms with van der Waals surface area (Å²) in [6.45, 7) is 12.5. The maximum Gasteiger partial charge on any atom is 0.407 e. The number of alkyl carbamates (subject to hydrolysis) is 1. The fourth-order valence-corrected chi connectivity index (χ4v) is 5.44. The number of aromatic nitrogens is 4. The first-order valence-electron chi connectivity index (χ1n) is 14.8.